The van der Waals surface area contributed by atoms with Crippen LogP contribution in [0.5, 0.6) is 0 Å². The van der Waals surface area contributed by atoms with E-state index in [-0.39, 0.29) is 5.91 Å². The van der Waals surface area contributed by atoms with Crippen molar-refractivity contribution in [2.24, 2.45) is 7.05 Å². The van der Waals surface area contributed by atoms with E-state index in [1.54, 1.807) is 47.0 Å². The maximum Gasteiger partial charge on any atom is 0.260 e. The molecule has 2 aromatic heterocycles. The highest BCUT2D eigenvalue weighted by molar-refractivity contribution is 6.03. The molecule has 0 bridgehead atoms. The van der Waals surface area contributed by atoms with Crippen molar-refractivity contribution in [3.63, 3.8) is 0 Å². The molecule has 0 aliphatic carbocycles. The molecule has 0 saturated carbocycles. The van der Waals surface area contributed by atoms with E-state index < -0.39 is 0 Å². The standard InChI is InChI=1S/C14H14N6O/c1-19-9-10(8-17-19)14(21)18-13-6-7-16-20(13)12-4-2-11(15)3-5-12/h2-9H,15H2,1H3,(H,18,21). The number of nitrogen functional groups attached to an aromatic ring is 1. The molecule has 106 valence electrons. The molecule has 3 rings (SSSR count). The monoisotopic (exact) mass is 282 g/mol. The molecular weight excluding hydrogens is 268 g/mol. The van der Waals surface area contributed by atoms with E-state index in [0.29, 0.717) is 17.1 Å². The maximum atomic E-state index is 12.1. The Hall–Kier alpha value is -3.09. The number of hydrogen-bond donors (Lipinski definition) is 2. The molecule has 0 spiro atoms. The van der Waals surface area contributed by atoms with Crippen molar-refractivity contribution in [2.45, 2.75) is 0 Å². The van der Waals surface area contributed by atoms with Crippen LogP contribution in [-0.2, 0) is 7.05 Å². The van der Waals surface area contributed by atoms with Crippen molar-refractivity contribution in [3.8, 4) is 5.69 Å². The van der Waals surface area contributed by atoms with Gasteiger partial charge in [0.1, 0.15) is 5.82 Å². The number of anilines is 2. The summed E-state index contributed by atoms with van der Waals surface area (Å²) >= 11 is 0. The molecule has 7 heteroatoms. The molecule has 0 aliphatic rings. The Morgan fingerprint density at radius 1 is 1.19 bits per heavy atom. The zero-order chi connectivity index (χ0) is 14.8. The molecule has 3 N–H and O–H groups in total. The molecule has 1 amide bonds. The van der Waals surface area contributed by atoms with Crippen LogP contribution in [0.3, 0.4) is 0 Å². The van der Waals surface area contributed by atoms with Gasteiger partial charge in [0.2, 0.25) is 0 Å². The number of nitrogens with zero attached hydrogens (tertiary/aromatic N) is 4. The number of rotatable bonds is 3. The van der Waals surface area contributed by atoms with Gasteiger partial charge < -0.3 is 11.1 Å². The van der Waals surface area contributed by atoms with Crippen LogP contribution in [0, 0.1) is 0 Å². The average molecular weight is 282 g/mol. The van der Waals surface area contributed by atoms with Crippen LogP contribution >= 0.6 is 0 Å². The summed E-state index contributed by atoms with van der Waals surface area (Å²) in [5, 5.41) is 11.0. The Balaban J connectivity index is 1.86. The topological polar surface area (TPSA) is 90.8 Å². The average Bonchev–Trinajstić information content (AvgIpc) is 3.09. The number of amides is 1. The molecule has 0 radical (unpaired) electrons. The number of carbonyl (C=O) groups is 1. The Morgan fingerprint density at radius 2 is 1.95 bits per heavy atom. The van der Waals surface area contributed by atoms with E-state index in [1.807, 2.05) is 12.1 Å². The van der Waals surface area contributed by atoms with E-state index in [0.717, 1.165) is 5.69 Å². The van der Waals surface area contributed by atoms with Crippen LogP contribution in [0.25, 0.3) is 5.69 Å². The van der Waals surface area contributed by atoms with E-state index in [4.69, 9.17) is 5.73 Å². The van der Waals surface area contributed by atoms with Crippen molar-refractivity contribution >= 4 is 17.4 Å². The van der Waals surface area contributed by atoms with Crippen molar-refractivity contribution < 1.29 is 4.79 Å². The fourth-order valence-corrected chi connectivity index (χ4v) is 1.95. The smallest absolute Gasteiger partial charge is 0.260 e. The van der Waals surface area contributed by atoms with E-state index in [9.17, 15) is 4.79 Å². The molecule has 0 fully saturated rings. The highest BCUT2D eigenvalue weighted by Crippen LogP contribution is 2.16. The van der Waals surface area contributed by atoms with Crippen LogP contribution in [-0.4, -0.2) is 25.5 Å². The lowest BCUT2D eigenvalue weighted by molar-refractivity contribution is 0.102. The van der Waals surface area contributed by atoms with Crippen LogP contribution < -0.4 is 11.1 Å². The highest BCUT2D eigenvalue weighted by atomic mass is 16.1. The fourth-order valence-electron chi connectivity index (χ4n) is 1.95. The minimum Gasteiger partial charge on any atom is -0.399 e. The van der Waals surface area contributed by atoms with Gasteiger partial charge in [-0.25, -0.2) is 4.68 Å². The van der Waals surface area contributed by atoms with E-state index in [1.165, 1.54) is 6.20 Å². The van der Waals surface area contributed by atoms with Gasteiger partial charge in [0.05, 0.1) is 23.6 Å². The number of hydrogen-bond acceptors (Lipinski definition) is 4. The second kappa shape index (κ2) is 5.12. The SMILES string of the molecule is Cn1cc(C(=O)Nc2ccnn2-c2ccc(N)cc2)cn1. The number of aryl methyl sites for hydroxylation is 1. The number of nitrogens with one attached hydrogen (secondary N) is 1. The van der Waals surface area contributed by atoms with Gasteiger partial charge in [-0.2, -0.15) is 10.2 Å². The summed E-state index contributed by atoms with van der Waals surface area (Å²) in [6, 6.07) is 8.96. The minimum atomic E-state index is -0.236. The predicted molar refractivity (Wildman–Crippen MR) is 79.1 cm³/mol. The lowest BCUT2D eigenvalue weighted by Gasteiger charge is -2.08. The summed E-state index contributed by atoms with van der Waals surface area (Å²) in [5.74, 6) is 0.342. The van der Waals surface area contributed by atoms with E-state index in [2.05, 4.69) is 15.5 Å². The second-order valence-corrected chi connectivity index (χ2v) is 4.58. The van der Waals surface area contributed by atoms with Crippen molar-refractivity contribution in [1.82, 2.24) is 19.6 Å². The first-order valence-corrected chi connectivity index (χ1v) is 6.33. The summed E-state index contributed by atoms with van der Waals surface area (Å²) in [6.07, 6.45) is 4.79. The third-order valence-corrected chi connectivity index (χ3v) is 2.99. The van der Waals surface area contributed by atoms with Crippen LogP contribution in [0.2, 0.25) is 0 Å². The Morgan fingerprint density at radius 3 is 2.62 bits per heavy atom. The predicted octanol–water partition coefficient (Wildman–Crippen LogP) is 1.44. The van der Waals surface area contributed by atoms with Crippen LogP contribution in [0.1, 0.15) is 10.4 Å². The number of benzene rings is 1. The molecule has 0 saturated heterocycles. The number of carbonyl (C=O) groups excluding carboxylic acids is 1. The minimum absolute atomic E-state index is 0.236. The lowest BCUT2D eigenvalue weighted by atomic mass is 10.3. The summed E-state index contributed by atoms with van der Waals surface area (Å²) in [7, 11) is 1.76. The molecule has 0 aliphatic heterocycles. The summed E-state index contributed by atoms with van der Waals surface area (Å²) in [6.45, 7) is 0. The first-order chi connectivity index (χ1) is 10.1. The van der Waals surface area contributed by atoms with Gasteiger partial charge in [0.15, 0.2) is 0 Å². The Kier molecular flexibility index (Phi) is 3.15. The summed E-state index contributed by atoms with van der Waals surface area (Å²) in [5.41, 5.74) is 7.65. The second-order valence-electron chi connectivity index (χ2n) is 4.58. The van der Waals surface area contributed by atoms with Crippen molar-refractivity contribution in [1.29, 1.82) is 0 Å². The highest BCUT2D eigenvalue weighted by Gasteiger charge is 2.12. The van der Waals surface area contributed by atoms with Gasteiger partial charge >= 0.3 is 0 Å². The van der Waals surface area contributed by atoms with Gasteiger partial charge in [-0.15, -0.1) is 0 Å². The Labute approximate surface area is 121 Å². The first-order valence-electron chi connectivity index (χ1n) is 6.33. The van der Waals surface area contributed by atoms with Gasteiger partial charge in [0, 0.05) is 25.0 Å². The molecule has 1 aromatic carbocycles. The van der Waals surface area contributed by atoms with Gasteiger partial charge in [-0.05, 0) is 24.3 Å². The molecular formula is C14H14N6O. The van der Waals surface area contributed by atoms with Crippen LogP contribution in [0.15, 0.2) is 48.9 Å². The third-order valence-electron chi connectivity index (χ3n) is 2.99. The molecule has 21 heavy (non-hydrogen) atoms. The summed E-state index contributed by atoms with van der Waals surface area (Å²) < 4.78 is 3.21. The van der Waals surface area contributed by atoms with E-state index >= 15 is 0 Å². The van der Waals surface area contributed by atoms with Gasteiger partial charge in [-0.3, -0.25) is 9.48 Å². The zero-order valence-electron chi connectivity index (χ0n) is 11.4. The largest absolute Gasteiger partial charge is 0.399 e. The van der Waals surface area contributed by atoms with Gasteiger partial charge in [-0.1, -0.05) is 0 Å². The van der Waals surface area contributed by atoms with Crippen molar-refractivity contribution in [3.05, 3.63) is 54.5 Å². The summed E-state index contributed by atoms with van der Waals surface area (Å²) in [4.78, 5) is 12.1. The Bertz CT molecular complexity index is 771. The normalized spacial score (nSPS) is 10.5. The fraction of sp³-hybridized carbons (Fsp3) is 0.0714. The molecule has 0 atom stereocenters. The molecule has 2 heterocycles. The molecule has 3 aromatic rings. The quantitative estimate of drug-likeness (QED) is 0.711. The zero-order valence-corrected chi connectivity index (χ0v) is 11.4. The van der Waals surface area contributed by atoms with Crippen LogP contribution in [0.4, 0.5) is 11.5 Å². The third kappa shape index (κ3) is 2.62. The number of nitrogens with two attached hydrogens (primary N) is 1. The number of aromatic nitrogens is 4. The maximum absolute atomic E-state index is 12.1. The van der Waals surface area contributed by atoms with Gasteiger partial charge in [0.25, 0.3) is 5.91 Å². The molecule has 0 unspecified atom stereocenters. The van der Waals surface area contributed by atoms with Crippen molar-refractivity contribution in [2.75, 3.05) is 11.1 Å². The first kappa shape index (κ1) is 12.9. The lowest BCUT2D eigenvalue weighted by Crippen LogP contribution is -2.14. The molecule has 7 nitrogen and oxygen atoms in total.